The number of hydrogen-bond donors (Lipinski definition) is 1. The molecule has 1 aliphatic rings. The van der Waals surface area contributed by atoms with E-state index in [1.54, 1.807) is 0 Å². The van der Waals surface area contributed by atoms with E-state index in [-0.39, 0.29) is 0 Å². The number of piperidine rings is 1. The third-order valence-corrected chi connectivity index (χ3v) is 3.06. The van der Waals surface area contributed by atoms with Crippen LogP contribution in [0, 0.1) is 0 Å². The van der Waals surface area contributed by atoms with Crippen molar-refractivity contribution in [2.24, 2.45) is 0 Å². The first kappa shape index (κ1) is 10.4. The summed E-state index contributed by atoms with van der Waals surface area (Å²) in [6, 6.07) is 8.91. The molecule has 2 nitrogen and oxygen atoms in total. The molecule has 2 heteroatoms. The van der Waals surface area contributed by atoms with Crippen molar-refractivity contribution in [3.8, 4) is 0 Å². The van der Waals surface area contributed by atoms with Gasteiger partial charge in [0.2, 0.25) is 0 Å². The van der Waals surface area contributed by atoms with Crippen molar-refractivity contribution in [3.63, 3.8) is 0 Å². The molecule has 15 heavy (non-hydrogen) atoms. The summed E-state index contributed by atoms with van der Waals surface area (Å²) in [4.78, 5) is 10.7. The van der Waals surface area contributed by atoms with Gasteiger partial charge in [-0.2, -0.15) is 0 Å². The molecular weight excluding hydrogens is 186 g/mol. The minimum Gasteiger partial charge on any atom is -0.307 e. The average Bonchev–Trinajstić information content (AvgIpc) is 2.29. The molecule has 0 spiro atoms. The fourth-order valence-electron chi connectivity index (χ4n) is 2.25. The van der Waals surface area contributed by atoms with Gasteiger partial charge in [0.25, 0.3) is 0 Å². The Labute approximate surface area is 90.7 Å². The van der Waals surface area contributed by atoms with Gasteiger partial charge in [-0.25, -0.2) is 0 Å². The fourth-order valence-corrected chi connectivity index (χ4v) is 2.25. The lowest BCUT2D eigenvalue weighted by molar-refractivity contribution is 0.112. The van der Waals surface area contributed by atoms with Crippen LogP contribution in [0.15, 0.2) is 24.3 Å². The van der Waals surface area contributed by atoms with Crippen LogP contribution in [0.3, 0.4) is 0 Å². The fraction of sp³-hybridized carbons (Fsp3) is 0.462. The van der Waals surface area contributed by atoms with Gasteiger partial charge in [0, 0.05) is 17.6 Å². The number of carbonyl (C=O) groups is 1. The second-order valence-corrected chi connectivity index (χ2v) is 4.34. The zero-order chi connectivity index (χ0) is 10.7. The Kier molecular flexibility index (Phi) is 3.17. The smallest absolute Gasteiger partial charge is 0.150 e. The van der Waals surface area contributed by atoms with Crippen LogP contribution in [-0.2, 0) is 0 Å². The molecule has 80 valence electrons. The Hall–Kier alpha value is -1.15. The molecule has 2 unspecified atom stereocenters. The zero-order valence-corrected chi connectivity index (χ0v) is 9.07. The van der Waals surface area contributed by atoms with Crippen molar-refractivity contribution < 1.29 is 4.79 Å². The molecule has 0 amide bonds. The molecule has 0 aliphatic carbocycles. The molecular formula is C13H17NO. The molecule has 1 aliphatic heterocycles. The van der Waals surface area contributed by atoms with Crippen LogP contribution in [0.5, 0.6) is 0 Å². The van der Waals surface area contributed by atoms with Gasteiger partial charge in [-0.15, -0.1) is 0 Å². The van der Waals surface area contributed by atoms with Crippen molar-refractivity contribution in [3.05, 3.63) is 35.4 Å². The Morgan fingerprint density at radius 1 is 1.40 bits per heavy atom. The van der Waals surface area contributed by atoms with E-state index in [1.165, 1.54) is 24.8 Å². The monoisotopic (exact) mass is 203 g/mol. The summed E-state index contributed by atoms with van der Waals surface area (Å²) < 4.78 is 0. The second kappa shape index (κ2) is 4.58. The van der Waals surface area contributed by atoms with Gasteiger partial charge in [0.15, 0.2) is 0 Å². The Balaban J connectivity index is 2.17. The van der Waals surface area contributed by atoms with Gasteiger partial charge in [0.05, 0.1) is 0 Å². The Morgan fingerprint density at radius 2 is 2.27 bits per heavy atom. The van der Waals surface area contributed by atoms with E-state index in [0.717, 1.165) is 11.8 Å². The van der Waals surface area contributed by atoms with Crippen molar-refractivity contribution in [2.75, 3.05) is 0 Å². The summed E-state index contributed by atoms with van der Waals surface area (Å²) in [5, 5.41) is 3.57. The summed E-state index contributed by atoms with van der Waals surface area (Å²) in [6.07, 6.45) is 4.61. The van der Waals surface area contributed by atoms with Gasteiger partial charge in [-0.05, 0) is 31.4 Å². The van der Waals surface area contributed by atoms with Crippen molar-refractivity contribution in [1.82, 2.24) is 5.32 Å². The Morgan fingerprint density at radius 3 is 3.00 bits per heavy atom. The van der Waals surface area contributed by atoms with Crippen LogP contribution >= 0.6 is 0 Å². The van der Waals surface area contributed by atoms with Crippen LogP contribution in [0.4, 0.5) is 0 Å². The van der Waals surface area contributed by atoms with Crippen LogP contribution < -0.4 is 5.32 Å². The molecule has 0 radical (unpaired) electrons. The molecule has 2 rings (SSSR count). The SMILES string of the molecule is CC1CCCC(c2cccc(C=O)c2)N1. The first-order chi connectivity index (χ1) is 7.29. The van der Waals surface area contributed by atoms with Crippen LogP contribution in [-0.4, -0.2) is 12.3 Å². The third-order valence-electron chi connectivity index (χ3n) is 3.06. The highest BCUT2D eigenvalue weighted by atomic mass is 16.1. The normalized spacial score (nSPS) is 26.2. The van der Waals surface area contributed by atoms with Crippen molar-refractivity contribution in [1.29, 1.82) is 0 Å². The largest absolute Gasteiger partial charge is 0.307 e. The molecule has 2 atom stereocenters. The quantitative estimate of drug-likeness (QED) is 0.749. The second-order valence-electron chi connectivity index (χ2n) is 4.34. The summed E-state index contributed by atoms with van der Waals surface area (Å²) in [5.41, 5.74) is 2.01. The molecule has 1 aromatic rings. The number of carbonyl (C=O) groups excluding carboxylic acids is 1. The summed E-state index contributed by atoms with van der Waals surface area (Å²) in [7, 11) is 0. The predicted octanol–water partition coefficient (Wildman–Crippen LogP) is 2.70. The van der Waals surface area contributed by atoms with E-state index in [4.69, 9.17) is 0 Å². The average molecular weight is 203 g/mol. The topological polar surface area (TPSA) is 29.1 Å². The number of aldehydes is 1. The number of benzene rings is 1. The van der Waals surface area contributed by atoms with E-state index < -0.39 is 0 Å². The molecule has 1 heterocycles. The molecule has 1 N–H and O–H groups in total. The van der Waals surface area contributed by atoms with Gasteiger partial charge in [0.1, 0.15) is 6.29 Å². The van der Waals surface area contributed by atoms with E-state index >= 15 is 0 Å². The minimum atomic E-state index is 0.425. The van der Waals surface area contributed by atoms with Crippen LogP contribution in [0.1, 0.15) is 48.1 Å². The molecule has 0 saturated carbocycles. The maximum Gasteiger partial charge on any atom is 0.150 e. The Bertz CT molecular complexity index is 348. The summed E-state index contributed by atoms with van der Waals surface area (Å²) in [5.74, 6) is 0. The lowest BCUT2D eigenvalue weighted by atomic mass is 9.93. The minimum absolute atomic E-state index is 0.425. The number of nitrogens with one attached hydrogen (secondary N) is 1. The standard InChI is InChI=1S/C13H17NO/c1-10-4-2-7-13(14-10)12-6-3-5-11(8-12)9-15/h3,5-6,8-10,13-14H,2,4,7H2,1H3. The van der Waals surface area contributed by atoms with Crippen molar-refractivity contribution >= 4 is 6.29 Å². The third kappa shape index (κ3) is 2.45. The molecule has 1 aromatic carbocycles. The van der Waals surface area contributed by atoms with Gasteiger partial charge in [-0.1, -0.05) is 24.6 Å². The molecule has 0 aromatic heterocycles. The maximum atomic E-state index is 10.7. The van der Waals surface area contributed by atoms with Gasteiger partial charge < -0.3 is 5.32 Å². The highest BCUT2D eigenvalue weighted by Gasteiger charge is 2.18. The maximum absolute atomic E-state index is 10.7. The first-order valence-electron chi connectivity index (χ1n) is 5.61. The highest BCUT2D eigenvalue weighted by Crippen LogP contribution is 2.25. The lowest BCUT2D eigenvalue weighted by Gasteiger charge is -2.29. The first-order valence-corrected chi connectivity index (χ1v) is 5.61. The van der Waals surface area contributed by atoms with Crippen LogP contribution in [0.25, 0.3) is 0 Å². The molecule has 1 saturated heterocycles. The number of rotatable bonds is 2. The van der Waals surface area contributed by atoms with E-state index in [0.29, 0.717) is 12.1 Å². The van der Waals surface area contributed by atoms with E-state index in [1.807, 2.05) is 18.2 Å². The van der Waals surface area contributed by atoms with Gasteiger partial charge in [-0.3, -0.25) is 4.79 Å². The number of hydrogen-bond acceptors (Lipinski definition) is 2. The zero-order valence-electron chi connectivity index (χ0n) is 9.07. The summed E-state index contributed by atoms with van der Waals surface area (Å²) >= 11 is 0. The lowest BCUT2D eigenvalue weighted by Crippen LogP contribution is -2.34. The summed E-state index contributed by atoms with van der Waals surface area (Å²) in [6.45, 7) is 2.22. The molecule has 1 fully saturated rings. The predicted molar refractivity (Wildman–Crippen MR) is 61.0 cm³/mol. The van der Waals surface area contributed by atoms with Crippen LogP contribution in [0.2, 0.25) is 0 Å². The highest BCUT2D eigenvalue weighted by molar-refractivity contribution is 5.75. The van der Waals surface area contributed by atoms with Crippen molar-refractivity contribution in [2.45, 2.75) is 38.3 Å². The van der Waals surface area contributed by atoms with E-state index in [9.17, 15) is 4.79 Å². The van der Waals surface area contributed by atoms with E-state index in [2.05, 4.69) is 18.3 Å². The van der Waals surface area contributed by atoms with Gasteiger partial charge >= 0.3 is 0 Å². The molecule has 0 bridgehead atoms.